The molecule has 0 amide bonds. The van der Waals surface area contributed by atoms with Crippen LogP contribution >= 0.6 is 0 Å². The molecule has 0 aliphatic carbocycles. The standard InChI is InChI=1S/C14H23N3O2S/c1-14(2)7-4-9-17(10-8-14)13-6-5-12(11-16-13)20(18,19)15-3/h5-6,11,15H,4,7-10H2,1-3H3. The van der Waals surface area contributed by atoms with Gasteiger partial charge in [-0.2, -0.15) is 0 Å². The zero-order chi connectivity index (χ0) is 14.8. The van der Waals surface area contributed by atoms with Gasteiger partial charge in [-0.3, -0.25) is 0 Å². The normalized spacial score (nSPS) is 19.6. The highest BCUT2D eigenvalue weighted by molar-refractivity contribution is 7.89. The van der Waals surface area contributed by atoms with E-state index in [4.69, 9.17) is 0 Å². The van der Waals surface area contributed by atoms with E-state index in [1.54, 1.807) is 12.1 Å². The molecule has 0 bridgehead atoms. The molecule has 0 atom stereocenters. The van der Waals surface area contributed by atoms with E-state index < -0.39 is 10.0 Å². The Morgan fingerprint density at radius 1 is 1.25 bits per heavy atom. The van der Waals surface area contributed by atoms with Crippen molar-refractivity contribution in [1.82, 2.24) is 9.71 Å². The first-order chi connectivity index (χ1) is 9.34. The smallest absolute Gasteiger partial charge is 0.241 e. The average molecular weight is 297 g/mol. The molecule has 2 rings (SSSR count). The van der Waals surface area contributed by atoms with Gasteiger partial charge in [0.2, 0.25) is 10.0 Å². The van der Waals surface area contributed by atoms with Crippen LogP contribution in [0.3, 0.4) is 0 Å². The maximum Gasteiger partial charge on any atom is 0.241 e. The van der Waals surface area contributed by atoms with Crippen LogP contribution in [0.2, 0.25) is 0 Å². The molecule has 112 valence electrons. The average Bonchev–Trinajstić information content (AvgIpc) is 2.60. The van der Waals surface area contributed by atoms with E-state index in [-0.39, 0.29) is 4.90 Å². The number of anilines is 1. The van der Waals surface area contributed by atoms with E-state index in [1.165, 1.54) is 19.7 Å². The summed E-state index contributed by atoms with van der Waals surface area (Å²) in [4.78, 5) is 6.76. The fourth-order valence-corrected chi connectivity index (χ4v) is 3.16. The van der Waals surface area contributed by atoms with E-state index >= 15 is 0 Å². The minimum atomic E-state index is -3.40. The molecule has 0 spiro atoms. The molecule has 0 radical (unpaired) electrons. The van der Waals surface area contributed by atoms with Crippen molar-refractivity contribution in [2.24, 2.45) is 5.41 Å². The molecule has 0 unspecified atom stereocenters. The SMILES string of the molecule is CNS(=O)(=O)c1ccc(N2CCCC(C)(C)CC2)nc1. The molecule has 1 aromatic rings. The molecule has 0 saturated carbocycles. The Bertz CT molecular complexity index is 552. The van der Waals surface area contributed by atoms with Crippen molar-refractivity contribution >= 4 is 15.8 Å². The summed E-state index contributed by atoms with van der Waals surface area (Å²) in [6.45, 7) is 6.55. The summed E-state index contributed by atoms with van der Waals surface area (Å²) in [5.74, 6) is 0.859. The van der Waals surface area contributed by atoms with Crippen LogP contribution in [-0.2, 0) is 10.0 Å². The molecule has 1 aliphatic rings. The van der Waals surface area contributed by atoms with E-state index in [0.717, 1.165) is 31.7 Å². The lowest BCUT2D eigenvalue weighted by Crippen LogP contribution is -2.26. The fraction of sp³-hybridized carbons (Fsp3) is 0.643. The second-order valence-corrected chi connectivity index (χ2v) is 7.95. The van der Waals surface area contributed by atoms with Crippen molar-refractivity contribution < 1.29 is 8.42 Å². The summed E-state index contributed by atoms with van der Waals surface area (Å²) in [6, 6.07) is 3.41. The predicted octanol–water partition coefficient (Wildman–Crippen LogP) is 2.01. The van der Waals surface area contributed by atoms with E-state index in [9.17, 15) is 8.42 Å². The number of pyridine rings is 1. The van der Waals surface area contributed by atoms with Crippen LogP contribution in [0.1, 0.15) is 33.1 Å². The van der Waals surface area contributed by atoms with Gasteiger partial charge in [-0.25, -0.2) is 18.1 Å². The van der Waals surface area contributed by atoms with E-state index in [2.05, 4.69) is 28.5 Å². The van der Waals surface area contributed by atoms with Crippen molar-refractivity contribution in [3.05, 3.63) is 18.3 Å². The zero-order valence-electron chi connectivity index (χ0n) is 12.4. The first-order valence-corrected chi connectivity index (χ1v) is 8.47. The van der Waals surface area contributed by atoms with Crippen molar-refractivity contribution in [1.29, 1.82) is 0 Å². The Morgan fingerprint density at radius 2 is 2.00 bits per heavy atom. The summed E-state index contributed by atoms with van der Waals surface area (Å²) in [5, 5.41) is 0. The molecule has 2 heterocycles. The molecule has 6 heteroatoms. The van der Waals surface area contributed by atoms with Crippen LogP contribution in [0.4, 0.5) is 5.82 Å². The molecular formula is C14H23N3O2S. The largest absolute Gasteiger partial charge is 0.357 e. The third-order valence-electron chi connectivity index (χ3n) is 3.96. The van der Waals surface area contributed by atoms with Crippen LogP contribution in [-0.4, -0.2) is 33.5 Å². The van der Waals surface area contributed by atoms with E-state index in [1.807, 2.05) is 0 Å². The Morgan fingerprint density at radius 3 is 2.60 bits per heavy atom. The van der Waals surface area contributed by atoms with Gasteiger partial charge in [-0.05, 0) is 43.9 Å². The molecule has 5 nitrogen and oxygen atoms in total. The molecule has 0 aromatic carbocycles. The molecule has 1 saturated heterocycles. The van der Waals surface area contributed by atoms with Crippen LogP contribution in [0.5, 0.6) is 0 Å². The Balaban J connectivity index is 2.14. The van der Waals surface area contributed by atoms with Gasteiger partial charge < -0.3 is 4.90 Å². The van der Waals surface area contributed by atoms with Crippen molar-refractivity contribution in [3.63, 3.8) is 0 Å². The van der Waals surface area contributed by atoms with Crippen LogP contribution in [0.25, 0.3) is 0 Å². The summed E-state index contributed by atoms with van der Waals surface area (Å²) in [6.07, 6.45) is 4.92. The van der Waals surface area contributed by atoms with Crippen LogP contribution in [0, 0.1) is 5.41 Å². The lowest BCUT2D eigenvalue weighted by atomic mass is 9.85. The highest BCUT2D eigenvalue weighted by atomic mass is 32.2. The highest BCUT2D eigenvalue weighted by Gasteiger charge is 2.23. The van der Waals surface area contributed by atoms with Crippen molar-refractivity contribution in [2.75, 3.05) is 25.0 Å². The lowest BCUT2D eigenvalue weighted by Gasteiger charge is -2.24. The predicted molar refractivity (Wildman–Crippen MR) is 80.3 cm³/mol. The van der Waals surface area contributed by atoms with Crippen LogP contribution in [0.15, 0.2) is 23.2 Å². The third-order valence-corrected chi connectivity index (χ3v) is 5.36. The number of rotatable bonds is 3. The number of nitrogens with zero attached hydrogens (tertiary/aromatic N) is 2. The summed E-state index contributed by atoms with van der Waals surface area (Å²) >= 11 is 0. The van der Waals surface area contributed by atoms with Gasteiger partial charge in [0, 0.05) is 19.3 Å². The second-order valence-electron chi connectivity index (χ2n) is 6.06. The Kier molecular flexibility index (Phi) is 4.34. The van der Waals surface area contributed by atoms with E-state index in [0.29, 0.717) is 5.41 Å². The second kappa shape index (κ2) is 5.69. The molecule has 1 aromatic heterocycles. The van der Waals surface area contributed by atoms with Gasteiger partial charge in [0.05, 0.1) is 0 Å². The van der Waals surface area contributed by atoms with Crippen LogP contribution < -0.4 is 9.62 Å². The number of hydrogen-bond acceptors (Lipinski definition) is 4. The highest BCUT2D eigenvalue weighted by Crippen LogP contribution is 2.31. The third kappa shape index (κ3) is 3.49. The molecule has 1 aliphatic heterocycles. The quantitative estimate of drug-likeness (QED) is 0.927. The van der Waals surface area contributed by atoms with Crippen molar-refractivity contribution in [2.45, 2.75) is 38.0 Å². The summed E-state index contributed by atoms with van der Waals surface area (Å²) < 4.78 is 25.6. The fourth-order valence-electron chi connectivity index (χ4n) is 2.49. The summed E-state index contributed by atoms with van der Waals surface area (Å²) in [5.41, 5.74) is 0.379. The maximum atomic E-state index is 11.7. The minimum Gasteiger partial charge on any atom is -0.357 e. The van der Waals surface area contributed by atoms with Gasteiger partial charge in [-0.15, -0.1) is 0 Å². The molecular weight excluding hydrogens is 274 g/mol. The number of aromatic nitrogens is 1. The van der Waals surface area contributed by atoms with Gasteiger partial charge in [-0.1, -0.05) is 13.8 Å². The first kappa shape index (κ1) is 15.3. The first-order valence-electron chi connectivity index (χ1n) is 6.99. The minimum absolute atomic E-state index is 0.207. The zero-order valence-corrected chi connectivity index (χ0v) is 13.2. The van der Waals surface area contributed by atoms with Crippen molar-refractivity contribution in [3.8, 4) is 0 Å². The topological polar surface area (TPSA) is 62.3 Å². The Hall–Kier alpha value is -1.14. The van der Waals surface area contributed by atoms with Gasteiger partial charge in [0.15, 0.2) is 0 Å². The Labute approximate surface area is 121 Å². The monoisotopic (exact) mass is 297 g/mol. The maximum absolute atomic E-state index is 11.7. The number of nitrogens with one attached hydrogen (secondary N) is 1. The van der Waals surface area contributed by atoms with Gasteiger partial charge in [0.25, 0.3) is 0 Å². The lowest BCUT2D eigenvalue weighted by molar-refractivity contribution is 0.325. The molecule has 1 N–H and O–H groups in total. The number of hydrogen-bond donors (Lipinski definition) is 1. The molecule has 1 fully saturated rings. The number of sulfonamides is 1. The summed E-state index contributed by atoms with van der Waals surface area (Å²) in [7, 11) is -2.00. The van der Waals surface area contributed by atoms with Gasteiger partial charge in [0.1, 0.15) is 10.7 Å². The molecule has 20 heavy (non-hydrogen) atoms. The van der Waals surface area contributed by atoms with Gasteiger partial charge >= 0.3 is 0 Å².